The number of amides is 1. The van der Waals surface area contributed by atoms with E-state index in [2.05, 4.69) is 5.32 Å². The third-order valence-electron chi connectivity index (χ3n) is 3.04. The molecule has 0 aliphatic carbocycles. The highest BCUT2D eigenvalue weighted by molar-refractivity contribution is 6.31. The van der Waals surface area contributed by atoms with Crippen LogP contribution in [-0.4, -0.2) is 13.0 Å². The molecule has 0 bridgehead atoms. The summed E-state index contributed by atoms with van der Waals surface area (Å²) in [7, 11) is 1.51. The molecule has 110 valence electrons. The Morgan fingerprint density at radius 1 is 1.24 bits per heavy atom. The van der Waals surface area contributed by atoms with Crippen molar-refractivity contribution >= 4 is 34.8 Å². The minimum Gasteiger partial charge on any atom is -0.496 e. The van der Waals surface area contributed by atoms with E-state index in [1.54, 1.807) is 18.2 Å². The molecule has 0 saturated carbocycles. The summed E-state index contributed by atoms with van der Waals surface area (Å²) in [5.74, 6) is 0.174. The van der Waals surface area contributed by atoms with E-state index in [0.29, 0.717) is 22.0 Å². The third-order valence-corrected chi connectivity index (χ3v) is 3.51. The minimum atomic E-state index is -0.292. The number of nitrogens with one attached hydrogen (secondary N) is 1. The lowest BCUT2D eigenvalue weighted by molar-refractivity contribution is 0.102. The van der Waals surface area contributed by atoms with Crippen LogP contribution in [0, 0.1) is 0 Å². The van der Waals surface area contributed by atoms with Crippen LogP contribution in [0.3, 0.4) is 0 Å². The smallest absolute Gasteiger partial charge is 0.259 e. The Kier molecular flexibility index (Phi) is 5.10. The maximum atomic E-state index is 12.4. The van der Waals surface area contributed by atoms with Gasteiger partial charge in [-0.15, -0.1) is 11.6 Å². The van der Waals surface area contributed by atoms with Crippen LogP contribution in [0.5, 0.6) is 5.75 Å². The lowest BCUT2D eigenvalue weighted by Crippen LogP contribution is -2.14. The molecular formula is C16H15Cl2NO2. The lowest BCUT2D eigenvalue weighted by atomic mass is 10.1. The normalized spacial score (nSPS) is 11.8. The first-order valence-electron chi connectivity index (χ1n) is 6.41. The van der Waals surface area contributed by atoms with Gasteiger partial charge in [-0.25, -0.2) is 0 Å². The Morgan fingerprint density at radius 2 is 1.95 bits per heavy atom. The molecule has 0 aliphatic rings. The molecule has 1 amide bonds. The van der Waals surface area contributed by atoms with Gasteiger partial charge in [0.2, 0.25) is 0 Å². The fraction of sp³-hybridized carbons (Fsp3) is 0.188. The summed E-state index contributed by atoms with van der Waals surface area (Å²) >= 11 is 12.1. The van der Waals surface area contributed by atoms with Crippen molar-refractivity contribution in [3.8, 4) is 5.75 Å². The minimum absolute atomic E-state index is 0.206. The zero-order chi connectivity index (χ0) is 15.4. The number of para-hydroxylation sites is 1. The van der Waals surface area contributed by atoms with Gasteiger partial charge in [0.25, 0.3) is 5.91 Å². The molecule has 0 aliphatic heterocycles. The molecule has 5 heteroatoms. The van der Waals surface area contributed by atoms with Crippen molar-refractivity contribution in [2.75, 3.05) is 12.4 Å². The second-order valence-electron chi connectivity index (χ2n) is 4.50. The van der Waals surface area contributed by atoms with Crippen LogP contribution in [-0.2, 0) is 0 Å². The first kappa shape index (κ1) is 15.7. The van der Waals surface area contributed by atoms with Crippen molar-refractivity contribution < 1.29 is 9.53 Å². The summed E-state index contributed by atoms with van der Waals surface area (Å²) in [6.07, 6.45) is 0. The molecule has 2 rings (SSSR count). The summed E-state index contributed by atoms with van der Waals surface area (Å²) in [6.45, 7) is 1.85. The van der Waals surface area contributed by atoms with E-state index in [4.69, 9.17) is 27.9 Å². The number of alkyl halides is 1. The Morgan fingerprint density at radius 3 is 2.62 bits per heavy atom. The monoisotopic (exact) mass is 323 g/mol. The highest BCUT2D eigenvalue weighted by Crippen LogP contribution is 2.29. The molecule has 0 radical (unpaired) electrons. The van der Waals surface area contributed by atoms with Crippen molar-refractivity contribution in [1.29, 1.82) is 0 Å². The van der Waals surface area contributed by atoms with Gasteiger partial charge in [-0.2, -0.15) is 0 Å². The fourth-order valence-corrected chi connectivity index (χ4v) is 2.37. The van der Waals surface area contributed by atoms with Gasteiger partial charge in [0.1, 0.15) is 5.75 Å². The molecule has 1 N–H and O–H groups in total. The molecular weight excluding hydrogens is 309 g/mol. The summed E-state index contributed by atoms with van der Waals surface area (Å²) in [5, 5.41) is 3.11. The molecule has 21 heavy (non-hydrogen) atoms. The van der Waals surface area contributed by atoms with E-state index >= 15 is 0 Å². The number of carbonyl (C=O) groups is 1. The maximum Gasteiger partial charge on any atom is 0.259 e. The van der Waals surface area contributed by atoms with Gasteiger partial charge in [0.15, 0.2) is 0 Å². The molecule has 0 saturated heterocycles. The molecule has 0 spiro atoms. The van der Waals surface area contributed by atoms with Crippen molar-refractivity contribution in [3.05, 3.63) is 58.6 Å². The highest BCUT2D eigenvalue weighted by atomic mass is 35.5. The largest absolute Gasteiger partial charge is 0.496 e. The average molecular weight is 324 g/mol. The SMILES string of the molecule is COc1ccc(Cl)cc1C(=O)Nc1ccccc1C(C)Cl. The molecule has 1 unspecified atom stereocenters. The van der Waals surface area contributed by atoms with Gasteiger partial charge in [0.05, 0.1) is 18.1 Å². The second kappa shape index (κ2) is 6.83. The van der Waals surface area contributed by atoms with Crippen LogP contribution in [0.15, 0.2) is 42.5 Å². The molecule has 1 atom stereocenters. The summed E-state index contributed by atoms with van der Waals surface area (Å²) in [4.78, 5) is 12.4. The van der Waals surface area contributed by atoms with Crippen LogP contribution in [0.4, 0.5) is 5.69 Å². The average Bonchev–Trinajstić information content (AvgIpc) is 2.47. The Balaban J connectivity index is 2.33. The van der Waals surface area contributed by atoms with Gasteiger partial charge >= 0.3 is 0 Å². The van der Waals surface area contributed by atoms with Gasteiger partial charge in [-0.3, -0.25) is 4.79 Å². The fourth-order valence-electron chi connectivity index (χ4n) is 2.01. The van der Waals surface area contributed by atoms with Crippen LogP contribution < -0.4 is 10.1 Å². The van der Waals surface area contributed by atoms with Gasteiger partial charge in [0, 0.05) is 10.7 Å². The molecule has 0 fully saturated rings. The summed E-state index contributed by atoms with van der Waals surface area (Å²) < 4.78 is 5.19. The van der Waals surface area contributed by atoms with Gasteiger partial charge in [-0.05, 0) is 36.8 Å². The van der Waals surface area contributed by atoms with Gasteiger partial charge < -0.3 is 10.1 Å². The van der Waals surface area contributed by atoms with E-state index in [9.17, 15) is 4.79 Å². The van der Waals surface area contributed by atoms with Crippen LogP contribution >= 0.6 is 23.2 Å². The van der Waals surface area contributed by atoms with Crippen molar-refractivity contribution in [1.82, 2.24) is 0 Å². The number of hydrogen-bond acceptors (Lipinski definition) is 2. The quantitative estimate of drug-likeness (QED) is 0.812. The Labute approximate surface area is 133 Å². The number of carbonyl (C=O) groups excluding carboxylic acids is 1. The molecule has 2 aromatic carbocycles. The number of benzene rings is 2. The standard InChI is InChI=1S/C16H15Cl2NO2/c1-10(17)12-5-3-4-6-14(12)19-16(20)13-9-11(18)7-8-15(13)21-2/h3-10H,1-2H3,(H,19,20). The molecule has 0 aromatic heterocycles. The zero-order valence-corrected chi connectivity index (χ0v) is 13.2. The Hall–Kier alpha value is -1.71. The topological polar surface area (TPSA) is 38.3 Å². The van der Waals surface area contributed by atoms with Crippen molar-refractivity contribution in [2.45, 2.75) is 12.3 Å². The first-order chi connectivity index (χ1) is 10.0. The summed E-state index contributed by atoms with van der Waals surface area (Å²) in [5.41, 5.74) is 1.91. The van der Waals surface area contributed by atoms with E-state index in [1.165, 1.54) is 7.11 Å². The summed E-state index contributed by atoms with van der Waals surface area (Å²) in [6, 6.07) is 12.3. The van der Waals surface area contributed by atoms with E-state index in [-0.39, 0.29) is 11.3 Å². The molecule has 0 heterocycles. The second-order valence-corrected chi connectivity index (χ2v) is 5.59. The number of methoxy groups -OCH3 is 1. The van der Waals surface area contributed by atoms with Crippen LogP contribution in [0.25, 0.3) is 0 Å². The van der Waals surface area contributed by atoms with Crippen molar-refractivity contribution in [3.63, 3.8) is 0 Å². The van der Waals surface area contributed by atoms with Crippen LogP contribution in [0.1, 0.15) is 28.2 Å². The molecule has 3 nitrogen and oxygen atoms in total. The molecule has 2 aromatic rings. The van der Waals surface area contributed by atoms with Gasteiger partial charge in [-0.1, -0.05) is 29.8 Å². The third kappa shape index (κ3) is 3.69. The number of ether oxygens (including phenoxy) is 1. The maximum absolute atomic E-state index is 12.4. The highest BCUT2D eigenvalue weighted by Gasteiger charge is 2.15. The zero-order valence-electron chi connectivity index (χ0n) is 11.7. The van der Waals surface area contributed by atoms with E-state index < -0.39 is 0 Å². The van der Waals surface area contributed by atoms with E-state index in [0.717, 1.165) is 5.56 Å². The predicted molar refractivity (Wildman–Crippen MR) is 86.7 cm³/mol. The predicted octanol–water partition coefficient (Wildman–Crippen LogP) is 4.90. The van der Waals surface area contributed by atoms with Crippen LogP contribution in [0.2, 0.25) is 5.02 Å². The number of hydrogen-bond donors (Lipinski definition) is 1. The number of anilines is 1. The number of rotatable bonds is 4. The lowest BCUT2D eigenvalue weighted by Gasteiger charge is -2.14. The van der Waals surface area contributed by atoms with Crippen molar-refractivity contribution in [2.24, 2.45) is 0 Å². The first-order valence-corrected chi connectivity index (χ1v) is 7.22. The van der Waals surface area contributed by atoms with E-state index in [1.807, 2.05) is 31.2 Å². The Bertz CT molecular complexity index is 656. The number of halogens is 2.